The van der Waals surface area contributed by atoms with E-state index in [2.05, 4.69) is 10.3 Å². The van der Waals surface area contributed by atoms with Gasteiger partial charge >= 0.3 is 0 Å². The third-order valence-electron chi connectivity index (χ3n) is 5.22. The van der Waals surface area contributed by atoms with Crippen molar-refractivity contribution in [3.63, 3.8) is 0 Å². The zero-order valence-electron chi connectivity index (χ0n) is 15.5. The van der Waals surface area contributed by atoms with Crippen molar-refractivity contribution in [2.75, 3.05) is 25.0 Å². The van der Waals surface area contributed by atoms with Crippen LogP contribution in [0.25, 0.3) is 0 Å². The van der Waals surface area contributed by atoms with Crippen molar-refractivity contribution in [3.8, 4) is 0 Å². The maximum atomic E-state index is 13.0. The number of thiazole rings is 1. The van der Waals surface area contributed by atoms with Crippen molar-refractivity contribution in [1.29, 1.82) is 0 Å². The van der Waals surface area contributed by atoms with Gasteiger partial charge in [-0.05, 0) is 50.7 Å². The minimum Gasteiger partial charge on any atom is -0.369 e. The fourth-order valence-corrected chi connectivity index (χ4v) is 6.57. The van der Waals surface area contributed by atoms with Gasteiger partial charge in [-0.3, -0.25) is 0 Å². The standard InChI is InChI=1S/C19H26N4O2S2/c24-27(25,23-13-4-1-5-14-23)17-9-6-11-20-19(17)21-12-10-18-22-15-7-2-3-8-16(15)26-18/h6,9,11H,1-5,7-8,10,12-14H2,(H,20,21). The van der Waals surface area contributed by atoms with Gasteiger partial charge in [0, 0.05) is 37.1 Å². The van der Waals surface area contributed by atoms with Crippen molar-refractivity contribution < 1.29 is 8.42 Å². The van der Waals surface area contributed by atoms with E-state index >= 15 is 0 Å². The lowest BCUT2D eigenvalue weighted by Gasteiger charge is -2.26. The number of hydrogen-bond donors (Lipinski definition) is 1. The van der Waals surface area contributed by atoms with Crippen LogP contribution >= 0.6 is 11.3 Å². The molecule has 0 saturated carbocycles. The van der Waals surface area contributed by atoms with Gasteiger partial charge in [0.25, 0.3) is 0 Å². The molecule has 0 atom stereocenters. The number of piperidine rings is 1. The Morgan fingerprint density at radius 2 is 1.93 bits per heavy atom. The van der Waals surface area contributed by atoms with E-state index in [1.165, 1.54) is 23.4 Å². The zero-order valence-corrected chi connectivity index (χ0v) is 17.1. The predicted molar refractivity (Wildman–Crippen MR) is 108 cm³/mol. The summed E-state index contributed by atoms with van der Waals surface area (Å²) in [7, 11) is -3.49. The van der Waals surface area contributed by atoms with E-state index < -0.39 is 10.0 Å². The van der Waals surface area contributed by atoms with Crippen molar-refractivity contribution in [2.45, 2.75) is 56.3 Å². The van der Waals surface area contributed by atoms with Crippen LogP contribution in [0, 0.1) is 0 Å². The van der Waals surface area contributed by atoms with E-state index in [1.54, 1.807) is 34.0 Å². The van der Waals surface area contributed by atoms with Gasteiger partial charge in [-0.15, -0.1) is 11.3 Å². The summed E-state index contributed by atoms with van der Waals surface area (Å²) in [4.78, 5) is 10.8. The minimum absolute atomic E-state index is 0.283. The number of nitrogens with zero attached hydrogens (tertiary/aromatic N) is 3. The van der Waals surface area contributed by atoms with Gasteiger partial charge in [0.05, 0.1) is 10.7 Å². The van der Waals surface area contributed by atoms with Gasteiger partial charge in [-0.2, -0.15) is 4.31 Å². The van der Waals surface area contributed by atoms with Crippen molar-refractivity contribution >= 4 is 27.2 Å². The highest BCUT2D eigenvalue weighted by molar-refractivity contribution is 7.89. The average molecular weight is 407 g/mol. The number of fused-ring (bicyclic) bond motifs is 1. The van der Waals surface area contributed by atoms with E-state index in [1.807, 2.05) is 0 Å². The quantitative estimate of drug-likeness (QED) is 0.797. The fraction of sp³-hybridized carbons (Fsp3) is 0.579. The van der Waals surface area contributed by atoms with Crippen LogP contribution in [0.1, 0.15) is 47.7 Å². The van der Waals surface area contributed by atoms with Crippen LogP contribution in [0.5, 0.6) is 0 Å². The molecular weight excluding hydrogens is 380 g/mol. The van der Waals surface area contributed by atoms with Crippen LogP contribution in [0.2, 0.25) is 0 Å². The maximum absolute atomic E-state index is 13.0. The molecule has 4 rings (SSSR count). The Kier molecular flexibility index (Phi) is 5.75. The minimum atomic E-state index is -3.49. The molecule has 2 aromatic rings. The van der Waals surface area contributed by atoms with E-state index in [-0.39, 0.29) is 4.90 Å². The molecule has 3 heterocycles. The second-order valence-corrected chi connectivity index (χ2v) is 10.3. The lowest BCUT2D eigenvalue weighted by Crippen LogP contribution is -2.36. The van der Waals surface area contributed by atoms with E-state index in [0.717, 1.165) is 43.5 Å². The Labute approximate surface area is 165 Å². The largest absolute Gasteiger partial charge is 0.369 e. The molecule has 1 N–H and O–H groups in total. The smallest absolute Gasteiger partial charge is 0.246 e. The topological polar surface area (TPSA) is 75.2 Å². The van der Waals surface area contributed by atoms with Gasteiger partial charge < -0.3 is 5.32 Å². The molecule has 1 fully saturated rings. The summed E-state index contributed by atoms with van der Waals surface area (Å²) in [5.74, 6) is 0.449. The van der Waals surface area contributed by atoms with Gasteiger partial charge in [0.2, 0.25) is 10.0 Å². The number of aromatic nitrogens is 2. The molecule has 0 spiro atoms. The molecule has 2 aliphatic rings. The highest BCUT2D eigenvalue weighted by Gasteiger charge is 2.28. The molecule has 0 bridgehead atoms. The van der Waals surface area contributed by atoms with Gasteiger partial charge in [0.15, 0.2) is 0 Å². The molecule has 1 saturated heterocycles. The second-order valence-electron chi connectivity index (χ2n) is 7.18. The molecule has 27 heavy (non-hydrogen) atoms. The second kappa shape index (κ2) is 8.24. The van der Waals surface area contributed by atoms with Crippen molar-refractivity contribution in [2.24, 2.45) is 0 Å². The molecule has 1 aliphatic carbocycles. The summed E-state index contributed by atoms with van der Waals surface area (Å²) in [6.45, 7) is 1.83. The lowest BCUT2D eigenvalue weighted by molar-refractivity contribution is 0.346. The third kappa shape index (κ3) is 4.17. The zero-order chi connectivity index (χ0) is 18.7. The Hall–Kier alpha value is -1.51. The highest BCUT2D eigenvalue weighted by Crippen LogP contribution is 2.28. The first-order valence-electron chi connectivity index (χ1n) is 9.81. The van der Waals surface area contributed by atoms with E-state index in [9.17, 15) is 8.42 Å². The van der Waals surface area contributed by atoms with Crippen LogP contribution in [0.15, 0.2) is 23.2 Å². The van der Waals surface area contributed by atoms with E-state index in [0.29, 0.717) is 25.5 Å². The summed E-state index contributed by atoms with van der Waals surface area (Å²) in [6, 6.07) is 3.35. The van der Waals surface area contributed by atoms with Crippen molar-refractivity contribution in [3.05, 3.63) is 33.9 Å². The van der Waals surface area contributed by atoms with Crippen LogP contribution in [-0.4, -0.2) is 42.3 Å². The summed E-state index contributed by atoms with van der Waals surface area (Å²) < 4.78 is 27.6. The van der Waals surface area contributed by atoms with Gasteiger partial charge in [-0.1, -0.05) is 6.42 Å². The first-order valence-corrected chi connectivity index (χ1v) is 12.1. The number of aryl methyl sites for hydroxylation is 2. The Morgan fingerprint density at radius 3 is 2.74 bits per heavy atom. The number of anilines is 1. The van der Waals surface area contributed by atoms with Crippen LogP contribution in [0.3, 0.4) is 0 Å². The number of hydrogen-bond acceptors (Lipinski definition) is 6. The monoisotopic (exact) mass is 406 g/mol. The highest BCUT2D eigenvalue weighted by atomic mass is 32.2. The summed E-state index contributed by atoms with van der Waals surface area (Å²) in [5, 5.41) is 4.37. The Morgan fingerprint density at radius 1 is 1.11 bits per heavy atom. The summed E-state index contributed by atoms with van der Waals surface area (Å²) in [6.07, 6.45) is 10.1. The third-order valence-corrected chi connectivity index (χ3v) is 8.37. The molecular formula is C19H26N4O2S2. The lowest BCUT2D eigenvalue weighted by atomic mass is 10.0. The van der Waals surface area contributed by atoms with Crippen molar-refractivity contribution in [1.82, 2.24) is 14.3 Å². The molecule has 8 heteroatoms. The molecule has 146 valence electrons. The van der Waals surface area contributed by atoms with E-state index in [4.69, 9.17) is 4.98 Å². The molecule has 2 aromatic heterocycles. The average Bonchev–Trinajstić information content (AvgIpc) is 3.12. The number of pyridine rings is 1. The molecule has 0 aromatic carbocycles. The molecule has 1 aliphatic heterocycles. The Balaban J connectivity index is 1.44. The van der Waals surface area contributed by atoms with Crippen LogP contribution in [0.4, 0.5) is 5.82 Å². The van der Waals surface area contributed by atoms with Gasteiger partial charge in [-0.25, -0.2) is 18.4 Å². The fourth-order valence-electron chi connectivity index (χ4n) is 3.78. The number of rotatable bonds is 6. The number of sulfonamides is 1. The summed E-state index contributed by atoms with van der Waals surface area (Å²) in [5.41, 5.74) is 1.27. The van der Waals surface area contributed by atoms with Crippen LogP contribution in [-0.2, 0) is 29.3 Å². The molecule has 0 unspecified atom stereocenters. The maximum Gasteiger partial charge on any atom is 0.246 e. The Bertz CT molecular complexity index is 865. The molecule has 6 nitrogen and oxygen atoms in total. The first-order chi connectivity index (χ1) is 13.1. The predicted octanol–water partition coefficient (Wildman–Crippen LogP) is 3.25. The summed E-state index contributed by atoms with van der Waals surface area (Å²) >= 11 is 1.80. The van der Waals surface area contributed by atoms with Gasteiger partial charge in [0.1, 0.15) is 10.7 Å². The molecule has 0 amide bonds. The SMILES string of the molecule is O=S(=O)(c1cccnc1NCCc1nc2c(s1)CCCC2)N1CCCCC1. The molecule has 0 radical (unpaired) electrons. The van der Waals surface area contributed by atoms with Crippen LogP contribution < -0.4 is 5.32 Å². The number of nitrogens with one attached hydrogen (secondary N) is 1. The first kappa shape index (κ1) is 18.8. The normalized spacial score (nSPS) is 18.2.